The first-order valence-electron chi connectivity index (χ1n) is 3.84. The highest BCUT2D eigenvalue weighted by molar-refractivity contribution is 8.13. The van der Waals surface area contributed by atoms with E-state index in [1.165, 1.54) is 13.3 Å². The number of aromatic nitrogens is 1. The van der Waals surface area contributed by atoms with Gasteiger partial charge in [-0.25, -0.2) is 13.4 Å². The molecular formula is C8H10ClNO3S. The molecule has 0 fully saturated rings. The number of hydrogen-bond acceptors (Lipinski definition) is 4. The summed E-state index contributed by atoms with van der Waals surface area (Å²) in [5.41, 5.74) is 1.34. The van der Waals surface area contributed by atoms with E-state index in [0.717, 1.165) is 5.56 Å². The van der Waals surface area contributed by atoms with E-state index in [1.807, 2.05) is 0 Å². The molecule has 0 aliphatic carbocycles. The van der Waals surface area contributed by atoms with Crippen LogP contribution < -0.4 is 4.74 Å². The summed E-state index contributed by atoms with van der Waals surface area (Å²) in [5, 5.41) is 0. The van der Waals surface area contributed by atoms with Crippen LogP contribution in [0.4, 0.5) is 0 Å². The molecule has 4 nitrogen and oxygen atoms in total. The Hall–Kier alpha value is -0.810. The summed E-state index contributed by atoms with van der Waals surface area (Å²) < 4.78 is 26.5. The molecule has 1 aromatic rings. The zero-order valence-electron chi connectivity index (χ0n) is 7.82. The Kier molecular flexibility index (Phi) is 3.34. The van der Waals surface area contributed by atoms with Crippen LogP contribution in [-0.2, 0) is 14.8 Å². The lowest BCUT2D eigenvalue weighted by Crippen LogP contribution is -1.98. The lowest BCUT2D eigenvalue weighted by atomic mass is 10.2. The van der Waals surface area contributed by atoms with Gasteiger partial charge in [-0.15, -0.1) is 0 Å². The second-order valence-corrected chi connectivity index (χ2v) is 5.63. The van der Waals surface area contributed by atoms with Gasteiger partial charge in [0.1, 0.15) is 0 Å². The fourth-order valence-electron chi connectivity index (χ4n) is 1.11. The summed E-state index contributed by atoms with van der Waals surface area (Å²) in [5.74, 6) is 0.271. The fourth-order valence-corrected chi connectivity index (χ4v) is 2.05. The van der Waals surface area contributed by atoms with Crippen molar-refractivity contribution in [1.29, 1.82) is 0 Å². The molecule has 0 saturated heterocycles. The average molecular weight is 236 g/mol. The molecule has 6 heteroatoms. The number of methoxy groups -OCH3 is 1. The third-order valence-corrected chi connectivity index (χ3v) is 2.62. The van der Waals surface area contributed by atoms with Gasteiger partial charge in [0.05, 0.1) is 12.9 Å². The summed E-state index contributed by atoms with van der Waals surface area (Å²) >= 11 is 0. The molecule has 14 heavy (non-hydrogen) atoms. The van der Waals surface area contributed by atoms with Gasteiger partial charge in [-0.05, 0) is 18.6 Å². The Labute approximate surface area is 87.3 Å². The van der Waals surface area contributed by atoms with Crippen molar-refractivity contribution in [3.8, 4) is 5.88 Å². The van der Waals surface area contributed by atoms with Crippen molar-refractivity contribution in [1.82, 2.24) is 4.98 Å². The van der Waals surface area contributed by atoms with E-state index in [-0.39, 0.29) is 5.75 Å². The Morgan fingerprint density at radius 2 is 2.21 bits per heavy atom. The standard InChI is InChI=1S/C8H10ClNO3S/c1-6-3-7(5-14(9,11)12)4-10-8(6)13-2/h3-4H,5H2,1-2H3. The van der Waals surface area contributed by atoms with Gasteiger partial charge in [-0.3, -0.25) is 0 Å². The van der Waals surface area contributed by atoms with Crippen LogP contribution in [0.2, 0.25) is 0 Å². The smallest absolute Gasteiger partial charge is 0.236 e. The van der Waals surface area contributed by atoms with Gasteiger partial charge in [-0.1, -0.05) is 0 Å². The number of hydrogen-bond donors (Lipinski definition) is 0. The average Bonchev–Trinajstić information content (AvgIpc) is 2.01. The maximum atomic E-state index is 10.8. The summed E-state index contributed by atoms with van der Waals surface area (Å²) in [4.78, 5) is 3.94. The van der Waals surface area contributed by atoms with E-state index in [4.69, 9.17) is 15.4 Å². The van der Waals surface area contributed by atoms with Crippen LogP contribution in [0.3, 0.4) is 0 Å². The number of pyridine rings is 1. The van der Waals surface area contributed by atoms with Crippen molar-refractivity contribution >= 4 is 19.7 Å². The van der Waals surface area contributed by atoms with E-state index >= 15 is 0 Å². The van der Waals surface area contributed by atoms with Crippen LogP contribution in [0.1, 0.15) is 11.1 Å². The predicted octanol–water partition coefficient (Wildman–Crippen LogP) is 1.47. The molecule has 1 aromatic heterocycles. The molecule has 78 valence electrons. The lowest BCUT2D eigenvalue weighted by Gasteiger charge is -2.04. The quantitative estimate of drug-likeness (QED) is 0.745. The Morgan fingerprint density at radius 1 is 1.57 bits per heavy atom. The molecule has 0 aromatic carbocycles. The minimum Gasteiger partial charge on any atom is -0.481 e. The van der Waals surface area contributed by atoms with Gasteiger partial charge in [0.2, 0.25) is 14.9 Å². The largest absolute Gasteiger partial charge is 0.481 e. The van der Waals surface area contributed by atoms with Crippen molar-refractivity contribution in [3.05, 3.63) is 23.4 Å². The Morgan fingerprint density at radius 3 is 2.64 bits per heavy atom. The maximum absolute atomic E-state index is 10.8. The first kappa shape index (κ1) is 11.3. The second-order valence-electron chi connectivity index (χ2n) is 2.85. The minimum absolute atomic E-state index is 0.216. The van der Waals surface area contributed by atoms with Crippen molar-refractivity contribution in [3.63, 3.8) is 0 Å². The van der Waals surface area contributed by atoms with Gasteiger partial charge in [0.25, 0.3) is 0 Å². The van der Waals surface area contributed by atoms with Gasteiger partial charge in [0.15, 0.2) is 0 Å². The number of halogens is 1. The number of nitrogens with zero attached hydrogens (tertiary/aromatic N) is 1. The highest BCUT2D eigenvalue weighted by atomic mass is 35.7. The first-order chi connectivity index (χ1) is 6.42. The number of ether oxygens (including phenoxy) is 1. The van der Waals surface area contributed by atoms with Gasteiger partial charge < -0.3 is 4.74 Å². The lowest BCUT2D eigenvalue weighted by molar-refractivity contribution is 0.394. The van der Waals surface area contributed by atoms with E-state index < -0.39 is 9.05 Å². The van der Waals surface area contributed by atoms with Crippen LogP contribution in [0, 0.1) is 6.92 Å². The Balaban J connectivity index is 2.98. The molecule has 0 radical (unpaired) electrons. The van der Waals surface area contributed by atoms with E-state index in [9.17, 15) is 8.42 Å². The summed E-state index contributed by atoms with van der Waals surface area (Å²) in [6.07, 6.45) is 1.44. The van der Waals surface area contributed by atoms with Crippen molar-refractivity contribution in [2.45, 2.75) is 12.7 Å². The molecule has 1 heterocycles. The van der Waals surface area contributed by atoms with Crippen LogP contribution in [-0.4, -0.2) is 20.5 Å². The van der Waals surface area contributed by atoms with E-state index in [0.29, 0.717) is 11.4 Å². The van der Waals surface area contributed by atoms with Crippen molar-refractivity contribution in [2.75, 3.05) is 7.11 Å². The highest BCUT2D eigenvalue weighted by Gasteiger charge is 2.09. The zero-order valence-corrected chi connectivity index (χ0v) is 9.39. The molecular weight excluding hydrogens is 226 g/mol. The van der Waals surface area contributed by atoms with Crippen LogP contribution in [0.25, 0.3) is 0 Å². The summed E-state index contributed by atoms with van der Waals surface area (Å²) in [7, 11) is 3.09. The predicted molar refractivity (Wildman–Crippen MR) is 54.0 cm³/mol. The Bertz CT molecular complexity index is 430. The normalized spacial score (nSPS) is 11.4. The van der Waals surface area contributed by atoms with Crippen LogP contribution in [0.5, 0.6) is 5.88 Å². The summed E-state index contributed by atoms with van der Waals surface area (Å²) in [6, 6.07) is 1.69. The minimum atomic E-state index is -3.52. The first-order valence-corrected chi connectivity index (χ1v) is 6.32. The molecule has 0 saturated carbocycles. The molecule has 1 rings (SSSR count). The van der Waals surface area contributed by atoms with Gasteiger partial charge in [-0.2, -0.15) is 0 Å². The third-order valence-electron chi connectivity index (χ3n) is 1.62. The van der Waals surface area contributed by atoms with Gasteiger partial charge in [0, 0.05) is 22.4 Å². The molecule has 0 atom stereocenters. The maximum Gasteiger partial charge on any atom is 0.236 e. The van der Waals surface area contributed by atoms with Crippen LogP contribution >= 0.6 is 10.7 Å². The molecule has 0 bridgehead atoms. The molecule has 0 amide bonds. The van der Waals surface area contributed by atoms with E-state index in [1.54, 1.807) is 13.0 Å². The molecule has 0 aliphatic heterocycles. The highest BCUT2D eigenvalue weighted by Crippen LogP contribution is 2.17. The zero-order chi connectivity index (χ0) is 10.8. The topological polar surface area (TPSA) is 56.3 Å². The fraction of sp³-hybridized carbons (Fsp3) is 0.375. The van der Waals surface area contributed by atoms with E-state index in [2.05, 4.69) is 4.98 Å². The molecule has 0 N–H and O–H groups in total. The number of aryl methyl sites for hydroxylation is 1. The molecule has 0 spiro atoms. The molecule has 0 unspecified atom stereocenters. The second kappa shape index (κ2) is 4.14. The summed E-state index contributed by atoms with van der Waals surface area (Å²) in [6.45, 7) is 1.79. The van der Waals surface area contributed by atoms with Gasteiger partial charge >= 0.3 is 0 Å². The van der Waals surface area contributed by atoms with Crippen LogP contribution in [0.15, 0.2) is 12.3 Å². The monoisotopic (exact) mass is 235 g/mol. The van der Waals surface area contributed by atoms with Crippen molar-refractivity contribution in [2.24, 2.45) is 0 Å². The molecule has 0 aliphatic rings. The SMILES string of the molecule is COc1ncc(CS(=O)(=O)Cl)cc1C. The van der Waals surface area contributed by atoms with Crippen molar-refractivity contribution < 1.29 is 13.2 Å². The number of rotatable bonds is 3. The third kappa shape index (κ3) is 3.16.